The topological polar surface area (TPSA) is 117 Å². The van der Waals surface area contributed by atoms with Gasteiger partial charge in [-0.25, -0.2) is 14.5 Å². The maximum Gasteiger partial charge on any atom is 0.322 e. The normalized spacial score (nSPS) is 17.2. The van der Waals surface area contributed by atoms with Gasteiger partial charge < -0.3 is 24.4 Å². The van der Waals surface area contributed by atoms with Gasteiger partial charge in [0.25, 0.3) is 0 Å². The molecule has 1 fully saturated rings. The monoisotopic (exact) mass is 363 g/mol. The molecule has 1 aliphatic rings. The number of carbonyl (C=O) groups is 1. The van der Waals surface area contributed by atoms with E-state index in [4.69, 9.17) is 14.2 Å². The van der Waals surface area contributed by atoms with Gasteiger partial charge in [0, 0.05) is 19.7 Å². The van der Waals surface area contributed by atoms with Crippen LogP contribution in [-0.2, 0) is 16.0 Å². The van der Waals surface area contributed by atoms with Crippen LogP contribution >= 0.6 is 0 Å². The smallest absolute Gasteiger partial charge is 0.322 e. The lowest BCUT2D eigenvalue weighted by molar-refractivity contribution is -0.0209. The Kier molecular flexibility index (Phi) is 5.92. The van der Waals surface area contributed by atoms with Crippen LogP contribution in [-0.4, -0.2) is 76.6 Å². The number of anilines is 1. The van der Waals surface area contributed by atoms with Crippen molar-refractivity contribution in [2.24, 2.45) is 0 Å². The fraction of sp³-hybridized carbons (Fsp3) is 0.533. The Morgan fingerprint density at radius 2 is 2.31 bits per heavy atom. The number of amides is 2. The van der Waals surface area contributed by atoms with E-state index in [0.717, 1.165) is 0 Å². The molecule has 140 valence electrons. The zero-order valence-corrected chi connectivity index (χ0v) is 14.7. The van der Waals surface area contributed by atoms with Crippen molar-refractivity contribution >= 4 is 11.7 Å². The van der Waals surface area contributed by atoms with Crippen molar-refractivity contribution in [2.75, 3.05) is 45.8 Å². The first-order valence-electron chi connectivity index (χ1n) is 8.14. The van der Waals surface area contributed by atoms with E-state index < -0.39 is 6.10 Å². The molecule has 1 saturated heterocycles. The van der Waals surface area contributed by atoms with Gasteiger partial charge in [-0.3, -0.25) is 0 Å². The van der Waals surface area contributed by atoms with E-state index in [0.29, 0.717) is 50.2 Å². The maximum absolute atomic E-state index is 12.5. The number of tetrazole rings is 1. The third kappa shape index (κ3) is 4.24. The minimum Gasteiger partial charge on any atom is -0.481 e. The number of carbonyl (C=O) groups excluding carboxylic acids is 1. The highest BCUT2D eigenvalue weighted by Crippen LogP contribution is 2.21. The lowest BCUT2D eigenvalue weighted by Crippen LogP contribution is -2.45. The Morgan fingerprint density at radius 3 is 3.04 bits per heavy atom. The second-order valence-electron chi connectivity index (χ2n) is 5.58. The largest absolute Gasteiger partial charge is 0.481 e. The van der Waals surface area contributed by atoms with Crippen LogP contribution in [0.3, 0.4) is 0 Å². The fourth-order valence-electron chi connectivity index (χ4n) is 2.55. The number of hydrogen-bond donors (Lipinski definition) is 1. The number of ether oxygens (including phenoxy) is 3. The predicted octanol–water partition coefficient (Wildman–Crippen LogP) is 0.329. The lowest BCUT2D eigenvalue weighted by atomic mass is 10.2. The summed E-state index contributed by atoms with van der Waals surface area (Å²) in [7, 11) is 3.15. The Balaban J connectivity index is 1.62. The summed E-state index contributed by atoms with van der Waals surface area (Å²) in [5, 5.41) is 14.5. The molecule has 1 aliphatic heterocycles. The van der Waals surface area contributed by atoms with Crippen molar-refractivity contribution < 1.29 is 19.0 Å². The van der Waals surface area contributed by atoms with Gasteiger partial charge in [-0.15, -0.1) is 5.10 Å². The van der Waals surface area contributed by atoms with Gasteiger partial charge in [0.05, 0.1) is 45.3 Å². The first kappa shape index (κ1) is 18.0. The van der Waals surface area contributed by atoms with Gasteiger partial charge in [-0.2, -0.15) is 0 Å². The second-order valence-corrected chi connectivity index (χ2v) is 5.58. The fourth-order valence-corrected chi connectivity index (χ4v) is 2.55. The predicted molar refractivity (Wildman–Crippen MR) is 89.8 cm³/mol. The molecule has 3 rings (SSSR count). The standard InChI is InChI=1S/C15H21N7O4/c1-24-7-6-22-14(18-19-20-22)12-10-21(5-8-26-12)15(23)17-11-3-4-13(25-2)16-9-11/h3-4,9,12H,5-8,10H2,1-2H3,(H,17,23). The number of pyridine rings is 1. The number of morpholine rings is 1. The molecule has 0 bridgehead atoms. The van der Waals surface area contributed by atoms with Gasteiger partial charge in [0.15, 0.2) is 5.82 Å². The zero-order chi connectivity index (χ0) is 18.4. The molecule has 0 radical (unpaired) electrons. The SMILES string of the molecule is COCCn1nnnc1C1CN(C(=O)Nc2ccc(OC)nc2)CCO1. The van der Waals surface area contributed by atoms with Crippen LogP contribution in [0.25, 0.3) is 0 Å². The minimum absolute atomic E-state index is 0.235. The van der Waals surface area contributed by atoms with Gasteiger partial charge >= 0.3 is 6.03 Å². The van der Waals surface area contributed by atoms with Gasteiger partial charge in [0.1, 0.15) is 6.10 Å². The van der Waals surface area contributed by atoms with Crippen LogP contribution in [0.2, 0.25) is 0 Å². The molecule has 11 nitrogen and oxygen atoms in total. The summed E-state index contributed by atoms with van der Waals surface area (Å²) in [5.41, 5.74) is 0.587. The van der Waals surface area contributed by atoms with E-state index in [1.807, 2.05) is 0 Å². The molecule has 1 N–H and O–H groups in total. The number of aromatic nitrogens is 5. The molecule has 2 aromatic heterocycles. The van der Waals surface area contributed by atoms with Gasteiger partial charge in [0.2, 0.25) is 5.88 Å². The van der Waals surface area contributed by atoms with Gasteiger partial charge in [-0.1, -0.05) is 0 Å². The van der Waals surface area contributed by atoms with Crippen molar-refractivity contribution in [3.63, 3.8) is 0 Å². The first-order chi connectivity index (χ1) is 12.7. The summed E-state index contributed by atoms with van der Waals surface area (Å²) in [6.45, 7) is 2.23. The average molecular weight is 363 g/mol. The molecule has 0 aromatic carbocycles. The second kappa shape index (κ2) is 8.54. The summed E-state index contributed by atoms with van der Waals surface area (Å²) in [5.74, 6) is 1.06. The minimum atomic E-state index is -0.393. The van der Waals surface area contributed by atoms with Crippen LogP contribution in [0.4, 0.5) is 10.5 Å². The molecule has 1 unspecified atom stereocenters. The van der Waals surface area contributed by atoms with Crippen LogP contribution in [0.1, 0.15) is 11.9 Å². The molecule has 3 heterocycles. The van der Waals surface area contributed by atoms with Crippen molar-refractivity contribution in [3.8, 4) is 5.88 Å². The summed E-state index contributed by atoms with van der Waals surface area (Å²) in [4.78, 5) is 18.2. The number of rotatable bonds is 6. The molecular formula is C15H21N7O4. The lowest BCUT2D eigenvalue weighted by Gasteiger charge is -2.32. The third-order valence-electron chi connectivity index (χ3n) is 3.91. The van der Waals surface area contributed by atoms with E-state index in [9.17, 15) is 4.79 Å². The van der Waals surface area contributed by atoms with Crippen LogP contribution in [0, 0.1) is 0 Å². The molecule has 0 spiro atoms. The Morgan fingerprint density at radius 1 is 1.42 bits per heavy atom. The molecular weight excluding hydrogens is 342 g/mol. The highest BCUT2D eigenvalue weighted by atomic mass is 16.5. The van der Waals surface area contributed by atoms with E-state index in [-0.39, 0.29) is 6.03 Å². The molecule has 0 aliphatic carbocycles. The van der Waals surface area contributed by atoms with Crippen molar-refractivity contribution in [3.05, 3.63) is 24.2 Å². The zero-order valence-electron chi connectivity index (χ0n) is 14.7. The number of methoxy groups -OCH3 is 2. The van der Waals surface area contributed by atoms with Crippen LogP contribution in [0.5, 0.6) is 5.88 Å². The molecule has 26 heavy (non-hydrogen) atoms. The Bertz CT molecular complexity index is 721. The Hall–Kier alpha value is -2.79. The van der Waals surface area contributed by atoms with E-state index in [2.05, 4.69) is 25.8 Å². The molecule has 11 heteroatoms. The van der Waals surface area contributed by atoms with Crippen molar-refractivity contribution in [2.45, 2.75) is 12.6 Å². The highest BCUT2D eigenvalue weighted by Gasteiger charge is 2.29. The van der Waals surface area contributed by atoms with E-state index in [1.54, 1.807) is 35.0 Å². The van der Waals surface area contributed by atoms with Crippen molar-refractivity contribution in [1.82, 2.24) is 30.1 Å². The van der Waals surface area contributed by atoms with E-state index in [1.165, 1.54) is 7.11 Å². The average Bonchev–Trinajstić information content (AvgIpc) is 3.15. The molecule has 0 saturated carbocycles. The summed E-state index contributed by atoms with van der Waals surface area (Å²) in [6, 6.07) is 3.18. The number of nitrogens with zero attached hydrogens (tertiary/aromatic N) is 6. The van der Waals surface area contributed by atoms with E-state index >= 15 is 0 Å². The Labute approximate surface area is 150 Å². The number of nitrogens with one attached hydrogen (secondary N) is 1. The molecule has 1 atom stereocenters. The molecule has 2 aromatic rings. The quantitative estimate of drug-likeness (QED) is 0.780. The van der Waals surface area contributed by atoms with Crippen LogP contribution in [0.15, 0.2) is 18.3 Å². The van der Waals surface area contributed by atoms with Crippen LogP contribution < -0.4 is 10.1 Å². The highest BCUT2D eigenvalue weighted by molar-refractivity contribution is 5.89. The molecule has 2 amide bonds. The van der Waals surface area contributed by atoms with Gasteiger partial charge in [-0.05, 0) is 16.5 Å². The summed E-state index contributed by atoms with van der Waals surface area (Å²) in [6.07, 6.45) is 1.15. The number of hydrogen-bond acceptors (Lipinski definition) is 8. The summed E-state index contributed by atoms with van der Waals surface area (Å²) >= 11 is 0. The number of urea groups is 1. The third-order valence-corrected chi connectivity index (χ3v) is 3.91. The van der Waals surface area contributed by atoms with Crippen molar-refractivity contribution in [1.29, 1.82) is 0 Å². The summed E-state index contributed by atoms with van der Waals surface area (Å²) < 4.78 is 17.4. The maximum atomic E-state index is 12.5. The first-order valence-corrected chi connectivity index (χ1v) is 8.14.